The van der Waals surface area contributed by atoms with Crippen LogP contribution in [-0.4, -0.2) is 40.8 Å². The van der Waals surface area contributed by atoms with Crippen molar-refractivity contribution in [2.75, 3.05) is 13.1 Å². The second kappa shape index (κ2) is 7.10. The second-order valence-corrected chi connectivity index (χ2v) is 6.59. The van der Waals surface area contributed by atoms with Gasteiger partial charge < -0.3 is 10.2 Å². The van der Waals surface area contributed by atoms with E-state index in [1.54, 1.807) is 17.2 Å². The Morgan fingerprint density at radius 2 is 2.09 bits per heavy atom. The molecule has 1 fully saturated rings. The van der Waals surface area contributed by atoms with Crippen LogP contribution in [0.4, 0.5) is 0 Å². The van der Waals surface area contributed by atoms with E-state index in [9.17, 15) is 9.59 Å². The van der Waals surface area contributed by atoms with Gasteiger partial charge in [0, 0.05) is 42.5 Å². The van der Waals surface area contributed by atoms with Crippen LogP contribution in [0, 0.1) is 0 Å². The van der Waals surface area contributed by atoms with Gasteiger partial charge in [-0.3, -0.25) is 14.6 Å². The van der Waals surface area contributed by atoms with Gasteiger partial charge in [0.05, 0.1) is 10.6 Å². The van der Waals surface area contributed by atoms with E-state index in [-0.39, 0.29) is 17.9 Å². The third kappa shape index (κ3) is 3.71. The highest BCUT2D eigenvalue weighted by molar-refractivity contribution is 7.08. The number of thiophene rings is 1. The summed E-state index contributed by atoms with van der Waals surface area (Å²) in [5.41, 5.74) is 1.17. The van der Waals surface area contributed by atoms with Crippen molar-refractivity contribution in [3.63, 3.8) is 0 Å². The number of nitrogens with one attached hydrogen (secondary N) is 1. The Hall–Kier alpha value is -1.92. The number of aromatic nitrogens is 1. The lowest BCUT2D eigenvalue weighted by molar-refractivity contribution is 0.0698. The maximum atomic E-state index is 12.5. The molecule has 1 N–H and O–H groups in total. The number of amides is 2. The molecule has 1 saturated heterocycles. The minimum absolute atomic E-state index is 0.0480. The number of hydrogen-bond acceptors (Lipinski definition) is 4. The van der Waals surface area contributed by atoms with Gasteiger partial charge in [0.25, 0.3) is 11.8 Å². The van der Waals surface area contributed by atoms with Gasteiger partial charge in [-0.15, -0.1) is 0 Å². The molecule has 0 spiro atoms. The molecule has 2 amide bonds. The van der Waals surface area contributed by atoms with Gasteiger partial charge in [-0.05, 0) is 30.4 Å². The first-order valence-electron chi connectivity index (χ1n) is 7.37. The molecule has 0 atom stereocenters. The standard InChI is InChI=1S/C16H16ClN3O2S/c17-14-9-18-5-1-13(14)16(22)20-6-2-12(3-7-20)19-15(21)11-4-8-23-10-11/h1,4-5,8-10,12H,2-3,6-7H2,(H,19,21). The van der Waals surface area contributed by atoms with Gasteiger partial charge in [0.1, 0.15) is 0 Å². The molecule has 0 unspecified atom stereocenters. The minimum Gasteiger partial charge on any atom is -0.349 e. The first kappa shape index (κ1) is 16.0. The number of rotatable bonds is 3. The summed E-state index contributed by atoms with van der Waals surface area (Å²) < 4.78 is 0. The summed E-state index contributed by atoms with van der Waals surface area (Å²) in [6.07, 6.45) is 4.52. The Kier molecular flexibility index (Phi) is 4.93. The lowest BCUT2D eigenvalue weighted by Crippen LogP contribution is -2.46. The molecule has 23 heavy (non-hydrogen) atoms. The molecule has 120 valence electrons. The van der Waals surface area contributed by atoms with E-state index in [0.717, 1.165) is 12.8 Å². The number of nitrogens with zero attached hydrogens (tertiary/aromatic N) is 2. The lowest BCUT2D eigenvalue weighted by Gasteiger charge is -2.32. The number of pyridine rings is 1. The van der Waals surface area contributed by atoms with Crippen molar-refractivity contribution in [2.24, 2.45) is 0 Å². The van der Waals surface area contributed by atoms with Gasteiger partial charge in [-0.2, -0.15) is 11.3 Å². The van der Waals surface area contributed by atoms with Crippen LogP contribution in [0.5, 0.6) is 0 Å². The molecule has 0 saturated carbocycles. The highest BCUT2D eigenvalue weighted by atomic mass is 35.5. The predicted molar refractivity (Wildman–Crippen MR) is 90.0 cm³/mol. The fourth-order valence-electron chi connectivity index (χ4n) is 2.61. The zero-order valence-corrected chi connectivity index (χ0v) is 13.9. The Bertz CT molecular complexity index is 697. The lowest BCUT2D eigenvalue weighted by atomic mass is 10.0. The molecule has 5 nitrogen and oxygen atoms in total. The van der Waals surface area contributed by atoms with Gasteiger partial charge >= 0.3 is 0 Å². The molecule has 7 heteroatoms. The zero-order valence-electron chi connectivity index (χ0n) is 12.4. The maximum Gasteiger partial charge on any atom is 0.255 e. The molecule has 0 radical (unpaired) electrons. The average Bonchev–Trinajstić information content (AvgIpc) is 3.10. The van der Waals surface area contributed by atoms with Crippen molar-refractivity contribution < 1.29 is 9.59 Å². The van der Waals surface area contributed by atoms with E-state index < -0.39 is 0 Å². The topological polar surface area (TPSA) is 62.3 Å². The van der Waals surface area contributed by atoms with Crippen LogP contribution in [0.2, 0.25) is 5.02 Å². The number of halogens is 1. The summed E-state index contributed by atoms with van der Waals surface area (Å²) >= 11 is 7.53. The predicted octanol–water partition coefficient (Wildman–Crippen LogP) is 2.83. The van der Waals surface area contributed by atoms with Crippen LogP contribution in [0.1, 0.15) is 33.6 Å². The van der Waals surface area contributed by atoms with E-state index in [1.807, 2.05) is 16.8 Å². The molecule has 0 bridgehead atoms. The third-order valence-electron chi connectivity index (χ3n) is 3.90. The number of carbonyl (C=O) groups is 2. The maximum absolute atomic E-state index is 12.5. The van der Waals surface area contributed by atoms with Crippen molar-refractivity contribution >= 4 is 34.8 Å². The Morgan fingerprint density at radius 1 is 1.30 bits per heavy atom. The normalized spacial score (nSPS) is 15.4. The van der Waals surface area contributed by atoms with Crippen LogP contribution in [0.15, 0.2) is 35.3 Å². The van der Waals surface area contributed by atoms with E-state index >= 15 is 0 Å². The largest absolute Gasteiger partial charge is 0.349 e. The third-order valence-corrected chi connectivity index (χ3v) is 4.89. The van der Waals surface area contributed by atoms with Gasteiger partial charge in [0.2, 0.25) is 0 Å². The van der Waals surface area contributed by atoms with E-state index in [4.69, 9.17) is 11.6 Å². The zero-order chi connectivity index (χ0) is 16.2. The molecule has 1 aliphatic heterocycles. The quantitative estimate of drug-likeness (QED) is 0.926. The molecule has 2 aromatic rings. The fourth-order valence-corrected chi connectivity index (χ4v) is 3.44. The van der Waals surface area contributed by atoms with Crippen molar-refractivity contribution in [1.29, 1.82) is 0 Å². The van der Waals surface area contributed by atoms with Crippen LogP contribution in [-0.2, 0) is 0 Å². The first-order chi connectivity index (χ1) is 11.1. The number of carbonyl (C=O) groups excluding carboxylic acids is 2. The average molecular weight is 350 g/mol. The Labute approximate surface area is 143 Å². The molecule has 3 rings (SSSR count). The molecule has 3 heterocycles. The number of hydrogen-bond donors (Lipinski definition) is 1. The smallest absolute Gasteiger partial charge is 0.255 e. The summed E-state index contributed by atoms with van der Waals surface area (Å²) in [5, 5.41) is 7.11. The Balaban J connectivity index is 1.55. The van der Waals surface area contributed by atoms with Gasteiger partial charge in [-0.1, -0.05) is 11.6 Å². The first-order valence-corrected chi connectivity index (χ1v) is 8.69. The monoisotopic (exact) mass is 349 g/mol. The highest BCUT2D eigenvalue weighted by Crippen LogP contribution is 2.19. The van der Waals surface area contributed by atoms with Gasteiger partial charge in [-0.25, -0.2) is 0 Å². The summed E-state index contributed by atoms with van der Waals surface area (Å²) in [5.74, 6) is -0.131. The Morgan fingerprint density at radius 3 is 2.74 bits per heavy atom. The van der Waals surface area contributed by atoms with Crippen molar-refractivity contribution in [1.82, 2.24) is 15.2 Å². The summed E-state index contributed by atoms with van der Waals surface area (Å²) in [4.78, 5) is 30.2. The summed E-state index contributed by atoms with van der Waals surface area (Å²) in [6, 6.07) is 3.54. The van der Waals surface area contributed by atoms with Gasteiger partial charge in [0.15, 0.2) is 0 Å². The van der Waals surface area contributed by atoms with Crippen molar-refractivity contribution in [2.45, 2.75) is 18.9 Å². The van der Waals surface area contributed by atoms with Crippen molar-refractivity contribution in [3.05, 3.63) is 51.4 Å². The molecular formula is C16H16ClN3O2S. The molecule has 0 aromatic carbocycles. The fraction of sp³-hybridized carbons (Fsp3) is 0.312. The number of likely N-dealkylation sites (tertiary alicyclic amines) is 1. The molecule has 0 aliphatic carbocycles. The van der Waals surface area contributed by atoms with Crippen LogP contribution in [0.3, 0.4) is 0 Å². The van der Waals surface area contributed by atoms with E-state index in [0.29, 0.717) is 29.2 Å². The van der Waals surface area contributed by atoms with Crippen LogP contribution < -0.4 is 5.32 Å². The van der Waals surface area contributed by atoms with Crippen LogP contribution >= 0.6 is 22.9 Å². The molecule has 2 aromatic heterocycles. The summed E-state index contributed by atoms with van der Waals surface area (Å²) in [7, 11) is 0. The van der Waals surface area contributed by atoms with E-state index in [1.165, 1.54) is 17.5 Å². The summed E-state index contributed by atoms with van der Waals surface area (Å²) in [6.45, 7) is 1.21. The highest BCUT2D eigenvalue weighted by Gasteiger charge is 2.25. The number of piperidine rings is 1. The van der Waals surface area contributed by atoms with E-state index in [2.05, 4.69) is 10.3 Å². The minimum atomic E-state index is -0.0833. The SMILES string of the molecule is O=C(NC1CCN(C(=O)c2ccncc2Cl)CC1)c1ccsc1. The van der Waals surface area contributed by atoms with Crippen LogP contribution in [0.25, 0.3) is 0 Å². The molecular weight excluding hydrogens is 334 g/mol. The van der Waals surface area contributed by atoms with Crippen molar-refractivity contribution in [3.8, 4) is 0 Å². The second-order valence-electron chi connectivity index (χ2n) is 5.41. The molecule has 1 aliphatic rings.